The summed E-state index contributed by atoms with van der Waals surface area (Å²) in [6.07, 6.45) is -0.663. The predicted octanol–water partition coefficient (Wildman–Crippen LogP) is 3.95. The molecule has 1 atom stereocenters. The lowest BCUT2D eigenvalue weighted by Gasteiger charge is -2.11. The van der Waals surface area contributed by atoms with Crippen molar-refractivity contribution in [1.82, 2.24) is 10.2 Å². The van der Waals surface area contributed by atoms with Crippen LogP contribution >= 0.6 is 23.1 Å². The van der Waals surface area contributed by atoms with Crippen LogP contribution in [0, 0.1) is 5.82 Å². The van der Waals surface area contributed by atoms with Crippen molar-refractivity contribution < 1.29 is 14.2 Å². The second-order valence-corrected chi connectivity index (χ2v) is 7.34. The molecule has 0 saturated carbocycles. The smallest absolute Gasteiger partial charge is 0.210 e. The van der Waals surface area contributed by atoms with Gasteiger partial charge in [0.1, 0.15) is 18.2 Å². The van der Waals surface area contributed by atoms with E-state index in [1.807, 2.05) is 30.3 Å². The third kappa shape index (κ3) is 5.70. The average molecular weight is 377 g/mol. The average Bonchev–Trinajstić information content (AvgIpc) is 3.08. The first-order valence-corrected chi connectivity index (χ1v) is 9.34. The third-order valence-electron chi connectivity index (χ3n) is 3.09. The molecule has 5 nitrogen and oxygen atoms in total. The van der Waals surface area contributed by atoms with E-state index in [2.05, 4.69) is 15.5 Å². The van der Waals surface area contributed by atoms with Crippen LogP contribution < -0.4 is 10.1 Å². The van der Waals surface area contributed by atoms with Gasteiger partial charge in [0.25, 0.3) is 0 Å². The van der Waals surface area contributed by atoms with Crippen molar-refractivity contribution in [2.24, 2.45) is 0 Å². The number of hydrogen-bond donors (Lipinski definition) is 2. The van der Waals surface area contributed by atoms with Crippen molar-refractivity contribution in [3.8, 4) is 5.75 Å². The molecule has 0 spiro atoms. The number of hydrogen-bond acceptors (Lipinski definition) is 7. The number of aliphatic hydroxyl groups is 1. The van der Waals surface area contributed by atoms with Crippen molar-refractivity contribution in [1.29, 1.82) is 0 Å². The number of anilines is 2. The summed E-state index contributed by atoms with van der Waals surface area (Å²) in [6.45, 7) is 0.132. The second kappa shape index (κ2) is 8.80. The number of ether oxygens (including phenoxy) is 1. The number of nitrogens with one attached hydrogen (secondary N) is 1. The predicted molar refractivity (Wildman–Crippen MR) is 98.3 cm³/mol. The third-order valence-corrected chi connectivity index (χ3v) is 5.20. The molecule has 0 aliphatic heterocycles. The topological polar surface area (TPSA) is 67.3 Å². The van der Waals surface area contributed by atoms with Gasteiger partial charge in [0.2, 0.25) is 5.13 Å². The van der Waals surface area contributed by atoms with E-state index in [4.69, 9.17) is 4.74 Å². The molecule has 8 heteroatoms. The van der Waals surface area contributed by atoms with E-state index < -0.39 is 6.10 Å². The molecular weight excluding hydrogens is 361 g/mol. The van der Waals surface area contributed by atoms with Crippen LogP contribution in [0.2, 0.25) is 0 Å². The Morgan fingerprint density at radius 3 is 2.64 bits per heavy atom. The summed E-state index contributed by atoms with van der Waals surface area (Å²) in [5, 5.41) is 22.0. The highest BCUT2D eigenvalue weighted by molar-refractivity contribution is 8.01. The van der Waals surface area contributed by atoms with E-state index in [1.165, 1.54) is 47.4 Å². The van der Waals surface area contributed by atoms with Crippen molar-refractivity contribution in [3.05, 3.63) is 60.4 Å². The first kappa shape index (κ1) is 17.7. The van der Waals surface area contributed by atoms with E-state index in [9.17, 15) is 9.50 Å². The standard InChI is InChI=1S/C17H16FN3O2S2/c18-12-6-8-15(9-7-12)23-10-14(22)11-24-17-21-20-16(25-17)19-13-4-2-1-3-5-13/h1-9,14,22H,10-11H2,(H,19,20). The van der Waals surface area contributed by atoms with Gasteiger partial charge in [-0.15, -0.1) is 10.2 Å². The van der Waals surface area contributed by atoms with E-state index in [-0.39, 0.29) is 12.4 Å². The Morgan fingerprint density at radius 1 is 1.12 bits per heavy atom. The summed E-state index contributed by atoms with van der Waals surface area (Å²) < 4.78 is 19.0. The summed E-state index contributed by atoms with van der Waals surface area (Å²) >= 11 is 2.83. The van der Waals surface area contributed by atoms with Gasteiger partial charge < -0.3 is 15.2 Å². The lowest BCUT2D eigenvalue weighted by molar-refractivity contribution is 0.126. The fourth-order valence-corrected chi connectivity index (χ4v) is 3.61. The van der Waals surface area contributed by atoms with Crippen LogP contribution in [0.1, 0.15) is 0 Å². The Balaban J connectivity index is 1.43. The second-order valence-electron chi connectivity index (χ2n) is 5.09. The molecule has 0 saturated heterocycles. The van der Waals surface area contributed by atoms with E-state index >= 15 is 0 Å². The molecule has 1 unspecified atom stereocenters. The molecule has 0 amide bonds. The fourth-order valence-electron chi connectivity index (χ4n) is 1.90. The summed E-state index contributed by atoms with van der Waals surface area (Å²) in [5.74, 6) is 0.636. The zero-order valence-corrected chi connectivity index (χ0v) is 14.8. The van der Waals surface area contributed by atoms with Gasteiger partial charge in [0, 0.05) is 11.4 Å². The molecule has 0 radical (unpaired) electrons. The number of para-hydroxylation sites is 1. The number of aliphatic hydroxyl groups excluding tert-OH is 1. The molecule has 130 valence electrons. The minimum absolute atomic E-state index is 0.132. The van der Waals surface area contributed by atoms with Crippen molar-refractivity contribution >= 4 is 33.9 Å². The monoisotopic (exact) mass is 377 g/mol. The van der Waals surface area contributed by atoms with Gasteiger partial charge in [0.15, 0.2) is 4.34 Å². The molecule has 1 aromatic heterocycles. The van der Waals surface area contributed by atoms with E-state index in [0.29, 0.717) is 16.6 Å². The minimum atomic E-state index is -0.663. The van der Waals surface area contributed by atoms with Gasteiger partial charge in [-0.05, 0) is 36.4 Å². The molecule has 3 aromatic rings. The van der Waals surface area contributed by atoms with Crippen LogP contribution in [0.5, 0.6) is 5.75 Å². The Kier molecular flexibility index (Phi) is 6.21. The Bertz CT molecular complexity index is 784. The van der Waals surface area contributed by atoms with Gasteiger partial charge in [-0.3, -0.25) is 0 Å². The molecule has 25 heavy (non-hydrogen) atoms. The quantitative estimate of drug-likeness (QED) is 0.580. The van der Waals surface area contributed by atoms with Crippen LogP contribution in [-0.2, 0) is 0 Å². The zero-order valence-electron chi connectivity index (χ0n) is 13.1. The summed E-state index contributed by atoms with van der Waals surface area (Å²) in [6, 6.07) is 15.4. The van der Waals surface area contributed by atoms with E-state index in [1.54, 1.807) is 0 Å². The summed E-state index contributed by atoms with van der Waals surface area (Å²) in [5.41, 5.74) is 0.947. The molecule has 0 aliphatic rings. The number of aromatic nitrogens is 2. The largest absolute Gasteiger partial charge is 0.491 e. The highest BCUT2D eigenvalue weighted by atomic mass is 32.2. The molecule has 0 fully saturated rings. The van der Waals surface area contributed by atoms with Crippen molar-refractivity contribution in [2.45, 2.75) is 10.4 Å². The number of nitrogens with zero attached hydrogens (tertiary/aromatic N) is 2. The van der Waals surface area contributed by atoms with Gasteiger partial charge in [-0.25, -0.2) is 4.39 Å². The number of thioether (sulfide) groups is 1. The van der Waals surface area contributed by atoms with Crippen LogP contribution in [0.25, 0.3) is 0 Å². The van der Waals surface area contributed by atoms with Gasteiger partial charge in [0.05, 0.1) is 6.10 Å². The number of halogens is 1. The molecule has 0 aliphatic carbocycles. The van der Waals surface area contributed by atoms with Crippen LogP contribution in [0.3, 0.4) is 0 Å². The normalized spacial score (nSPS) is 11.9. The molecule has 1 heterocycles. The maximum absolute atomic E-state index is 12.8. The van der Waals surface area contributed by atoms with Crippen molar-refractivity contribution in [2.75, 3.05) is 17.7 Å². The molecule has 3 rings (SSSR count). The Hall–Kier alpha value is -2.16. The molecule has 2 N–H and O–H groups in total. The summed E-state index contributed by atoms with van der Waals surface area (Å²) in [4.78, 5) is 0. The van der Waals surface area contributed by atoms with Crippen LogP contribution in [-0.4, -0.2) is 33.8 Å². The first-order chi connectivity index (χ1) is 12.2. The highest BCUT2D eigenvalue weighted by Crippen LogP contribution is 2.28. The van der Waals surface area contributed by atoms with Crippen molar-refractivity contribution in [3.63, 3.8) is 0 Å². The van der Waals surface area contributed by atoms with Gasteiger partial charge >= 0.3 is 0 Å². The molecular formula is C17H16FN3O2S2. The van der Waals surface area contributed by atoms with Gasteiger partial charge in [-0.1, -0.05) is 41.3 Å². The maximum atomic E-state index is 12.8. The SMILES string of the molecule is OC(COc1ccc(F)cc1)CSc1nnc(Nc2ccccc2)s1. The first-order valence-electron chi connectivity index (χ1n) is 7.54. The van der Waals surface area contributed by atoms with Crippen LogP contribution in [0.4, 0.5) is 15.2 Å². The van der Waals surface area contributed by atoms with E-state index in [0.717, 1.165) is 10.0 Å². The zero-order chi connectivity index (χ0) is 17.5. The Labute approximate surface area is 152 Å². The number of benzene rings is 2. The van der Waals surface area contributed by atoms with Crippen LogP contribution in [0.15, 0.2) is 58.9 Å². The maximum Gasteiger partial charge on any atom is 0.210 e. The highest BCUT2D eigenvalue weighted by Gasteiger charge is 2.10. The Morgan fingerprint density at radius 2 is 1.88 bits per heavy atom. The van der Waals surface area contributed by atoms with Gasteiger partial charge in [-0.2, -0.15) is 0 Å². The lowest BCUT2D eigenvalue weighted by Crippen LogP contribution is -2.20. The fraction of sp³-hybridized carbons (Fsp3) is 0.176. The minimum Gasteiger partial charge on any atom is -0.491 e. The summed E-state index contributed by atoms with van der Waals surface area (Å²) in [7, 11) is 0. The molecule has 2 aromatic carbocycles. The number of rotatable bonds is 8. The lowest BCUT2D eigenvalue weighted by atomic mass is 10.3. The molecule has 0 bridgehead atoms.